The summed E-state index contributed by atoms with van der Waals surface area (Å²) in [6.45, 7) is 3.35. The molecule has 2 aromatic rings. The molecule has 0 bridgehead atoms. The highest BCUT2D eigenvalue weighted by Crippen LogP contribution is 2.32. The van der Waals surface area contributed by atoms with Crippen molar-refractivity contribution in [2.45, 2.75) is 32.2 Å². The highest BCUT2D eigenvalue weighted by molar-refractivity contribution is 5.95. The van der Waals surface area contributed by atoms with Crippen LogP contribution in [-0.4, -0.2) is 36.1 Å². The molecule has 0 aliphatic carbocycles. The van der Waals surface area contributed by atoms with Crippen LogP contribution in [0.4, 0.5) is 0 Å². The van der Waals surface area contributed by atoms with Gasteiger partial charge in [0, 0.05) is 25.2 Å². The Labute approximate surface area is 148 Å². The van der Waals surface area contributed by atoms with Gasteiger partial charge in [-0.3, -0.25) is 9.78 Å². The quantitative estimate of drug-likeness (QED) is 0.829. The molecule has 0 spiro atoms. The van der Waals surface area contributed by atoms with Crippen molar-refractivity contribution >= 4 is 5.91 Å². The second-order valence-electron chi connectivity index (χ2n) is 6.19. The number of carbonyl (C=O) groups excluding carboxylic acids is 1. The van der Waals surface area contributed by atoms with E-state index in [4.69, 9.17) is 9.47 Å². The van der Waals surface area contributed by atoms with Crippen LogP contribution in [0.5, 0.6) is 11.5 Å². The lowest BCUT2D eigenvalue weighted by molar-refractivity contribution is 0.0717. The summed E-state index contributed by atoms with van der Waals surface area (Å²) in [5, 5.41) is 0. The molecule has 132 valence electrons. The molecule has 0 unspecified atom stereocenters. The lowest BCUT2D eigenvalue weighted by atomic mass is 10.0. The van der Waals surface area contributed by atoms with Crippen molar-refractivity contribution in [3.8, 4) is 11.5 Å². The number of carbonyl (C=O) groups is 1. The topological polar surface area (TPSA) is 51.7 Å². The van der Waals surface area contributed by atoms with E-state index in [9.17, 15) is 4.79 Å². The predicted molar refractivity (Wildman–Crippen MR) is 96.0 cm³/mol. The fourth-order valence-corrected chi connectivity index (χ4v) is 3.03. The van der Waals surface area contributed by atoms with Crippen molar-refractivity contribution < 1.29 is 14.3 Å². The zero-order chi connectivity index (χ0) is 17.6. The summed E-state index contributed by atoms with van der Waals surface area (Å²) < 4.78 is 11.3. The highest BCUT2D eigenvalue weighted by Gasteiger charge is 2.24. The number of rotatable bonds is 5. The Morgan fingerprint density at radius 2 is 2.00 bits per heavy atom. The van der Waals surface area contributed by atoms with Gasteiger partial charge < -0.3 is 14.4 Å². The Kier molecular flexibility index (Phi) is 5.53. The molecule has 1 aliphatic heterocycles. The number of pyridine rings is 1. The summed E-state index contributed by atoms with van der Waals surface area (Å²) in [7, 11) is 1.83. The van der Waals surface area contributed by atoms with E-state index in [1.807, 2.05) is 31.3 Å². The van der Waals surface area contributed by atoms with E-state index in [-0.39, 0.29) is 11.9 Å². The third kappa shape index (κ3) is 3.92. The summed E-state index contributed by atoms with van der Waals surface area (Å²) in [4.78, 5) is 19.2. The molecule has 0 saturated carbocycles. The van der Waals surface area contributed by atoms with Crippen molar-refractivity contribution in [2.24, 2.45) is 0 Å². The fraction of sp³-hybridized carbons (Fsp3) is 0.400. The van der Waals surface area contributed by atoms with Gasteiger partial charge in [-0.1, -0.05) is 19.4 Å². The number of amides is 1. The van der Waals surface area contributed by atoms with Crippen LogP contribution in [0.3, 0.4) is 0 Å². The monoisotopic (exact) mass is 340 g/mol. The van der Waals surface area contributed by atoms with Crippen molar-refractivity contribution in [2.75, 3.05) is 20.3 Å². The predicted octanol–water partition coefficient (Wildman–Crippen LogP) is 3.86. The summed E-state index contributed by atoms with van der Waals surface area (Å²) in [6.07, 6.45) is 4.45. The summed E-state index contributed by atoms with van der Waals surface area (Å²) in [5.41, 5.74) is 1.51. The highest BCUT2D eigenvalue weighted by atomic mass is 16.5. The van der Waals surface area contributed by atoms with Gasteiger partial charge in [0.1, 0.15) is 0 Å². The molecular formula is C20H24N2O3. The van der Waals surface area contributed by atoms with Crippen molar-refractivity contribution in [1.82, 2.24) is 9.88 Å². The van der Waals surface area contributed by atoms with E-state index in [1.54, 1.807) is 23.2 Å². The summed E-state index contributed by atoms with van der Waals surface area (Å²) in [6, 6.07) is 11.2. The van der Waals surface area contributed by atoms with Gasteiger partial charge in [0.05, 0.1) is 24.9 Å². The van der Waals surface area contributed by atoms with Crippen molar-refractivity contribution in [3.63, 3.8) is 0 Å². The first kappa shape index (κ1) is 17.3. The molecule has 0 radical (unpaired) electrons. The van der Waals surface area contributed by atoms with Crippen molar-refractivity contribution in [1.29, 1.82) is 0 Å². The van der Waals surface area contributed by atoms with Gasteiger partial charge in [-0.05, 0) is 36.8 Å². The van der Waals surface area contributed by atoms with E-state index in [2.05, 4.69) is 11.9 Å². The Morgan fingerprint density at radius 3 is 2.72 bits per heavy atom. The molecule has 1 aromatic heterocycles. The molecule has 0 N–H and O–H groups in total. The van der Waals surface area contributed by atoms with Crippen LogP contribution in [0.25, 0.3) is 0 Å². The molecule has 1 aliphatic rings. The Hall–Kier alpha value is -2.56. The largest absolute Gasteiger partial charge is 0.490 e. The molecule has 1 atom stereocenters. The maximum Gasteiger partial charge on any atom is 0.254 e. The Bertz CT molecular complexity index is 718. The van der Waals surface area contributed by atoms with E-state index < -0.39 is 0 Å². The number of nitrogens with zero attached hydrogens (tertiary/aromatic N) is 2. The van der Waals surface area contributed by atoms with Gasteiger partial charge in [-0.25, -0.2) is 0 Å². The molecule has 25 heavy (non-hydrogen) atoms. The van der Waals surface area contributed by atoms with Gasteiger partial charge >= 0.3 is 0 Å². The molecule has 1 aromatic carbocycles. The lowest BCUT2D eigenvalue weighted by Gasteiger charge is -2.28. The van der Waals surface area contributed by atoms with Gasteiger partial charge in [0.15, 0.2) is 11.5 Å². The van der Waals surface area contributed by atoms with Crippen LogP contribution >= 0.6 is 0 Å². The molecule has 5 heteroatoms. The summed E-state index contributed by atoms with van der Waals surface area (Å²) >= 11 is 0. The smallest absolute Gasteiger partial charge is 0.254 e. The first-order valence-corrected chi connectivity index (χ1v) is 8.78. The van der Waals surface area contributed by atoms with Crippen LogP contribution in [0.1, 0.15) is 48.3 Å². The molecule has 2 heterocycles. The minimum atomic E-state index is -0.0466. The zero-order valence-corrected chi connectivity index (χ0v) is 14.8. The van der Waals surface area contributed by atoms with Gasteiger partial charge in [0.2, 0.25) is 0 Å². The fourth-order valence-electron chi connectivity index (χ4n) is 3.03. The minimum Gasteiger partial charge on any atom is -0.490 e. The second kappa shape index (κ2) is 8.01. The first-order valence-electron chi connectivity index (χ1n) is 8.78. The van der Waals surface area contributed by atoms with E-state index in [0.717, 1.165) is 25.0 Å². The van der Waals surface area contributed by atoms with E-state index >= 15 is 0 Å². The molecular weight excluding hydrogens is 316 g/mol. The molecule has 0 saturated heterocycles. The molecule has 0 fully saturated rings. The number of ether oxygens (including phenoxy) is 2. The number of aromatic nitrogens is 1. The summed E-state index contributed by atoms with van der Waals surface area (Å²) in [5.74, 6) is 1.30. The van der Waals surface area contributed by atoms with Crippen molar-refractivity contribution in [3.05, 3.63) is 53.9 Å². The average Bonchev–Trinajstić information content (AvgIpc) is 2.90. The van der Waals surface area contributed by atoms with Crippen LogP contribution < -0.4 is 9.47 Å². The Morgan fingerprint density at radius 1 is 1.20 bits per heavy atom. The number of fused-ring (bicyclic) bond motifs is 1. The molecule has 1 amide bonds. The standard InChI is InChI=1S/C20H24N2O3/c1-3-7-17(16-8-4-5-11-21-16)22(2)20(23)15-9-10-18-19(14-15)25-13-6-12-24-18/h4-5,8-11,14,17H,3,6-7,12-13H2,1-2H3/t17-/m1/s1. The maximum atomic E-state index is 13.0. The molecule has 3 rings (SSSR count). The van der Waals surface area contributed by atoms with Gasteiger partial charge in [0.25, 0.3) is 5.91 Å². The minimum absolute atomic E-state index is 0.0419. The zero-order valence-electron chi connectivity index (χ0n) is 14.8. The van der Waals surface area contributed by atoms with E-state index in [1.165, 1.54) is 0 Å². The Balaban J connectivity index is 1.84. The number of hydrogen-bond donors (Lipinski definition) is 0. The average molecular weight is 340 g/mol. The second-order valence-corrected chi connectivity index (χ2v) is 6.19. The normalized spacial score (nSPS) is 14.5. The van der Waals surface area contributed by atoms with Gasteiger partial charge in [-0.15, -0.1) is 0 Å². The van der Waals surface area contributed by atoms with Crippen LogP contribution in [0.15, 0.2) is 42.6 Å². The van der Waals surface area contributed by atoms with Crippen LogP contribution in [0, 0.1) is 0 Å². The number of benzene rings is 1. The third-order valence-corrected chi connectivity index (χ3v) is 4.37. The first-order chi connectivity index (χ1) is 12.2. The van der Waals surface area contributed by atoms with E-state index in [0.29, 0.717) is 30.3 Å². The van der Waals surface area contributed by atoms with Gasteiger partial charge in [-0.2, -0.15) is 0 Å². The van der Waals surface area contributed by atoms with Crippen LogP contribution in [0.2, 0.25) is 0 Å². The third-order valence-electron chi connectivity index (χ3n) is 4.37. The maximum absolute atomic E-state index is 13.0. The lowest BCUT2D eigenvalue weighted by Crippen LogP contribution is -2.31. The molecule has 5 nitrogen and oxygen atoms in total. The SMILES string of the molecule is CCC[C@H](c1ccccn1)N(C)C(=O)c1ccc2c(c1)OCCCO2. The number of hydrogen-bond acceptors (Lipinski definition) is 4. The van der Waals surface area contributed by atoms with Crippen LogP contribution in [-0.2, 0) is 0 Å².